The first-order valence-corrected chi connectivity index (χ1v) is 13.4. The molecule has 0 saturated carbocycles. The monoisotopic (exact) mass is 524 g/mol. The predicted molar refractivity (Wildman–Crippen MR) is 139 cm³/mol. The number of phenols is 1. The molecule has 10 heteroatoms. The Kier molecular flexibility index (Phi) is 7.07. The maximum Gasteiger partial charge on any atom is 0.255 e. The first-order valence-electron chi connectivity index (χ1n) is 11.6. The molecule has 0 fully saturated rings. The molecule has 0 aliphatic heterocycles. The number of aliphatic hydroxyl groups is 2. The third kappa shape index (κ3) is 4.47. The molecule has 0 heterocycles. The van der Waals surface area contributed by atoms with Crippen LogP contribution in [0.2, 0.25) is 0 Å². The number of benzene rings is 1. The molecular weight excluding hydrogens is 496 g/mol. The van der Waals surface area contributed by atoms with Gasteiger partial charge in [-0.25, -0.2) is 0 Å². The number of hydrogen-bond acceptors (Lipinski definition) is 8. The van der Waals surface area contributed by atoms with Crippen LogP contribution in [0.25, 0.3) is 5.70 Å². The quantitative estimate of drug-likeness (QED) is 0.213. The number of aromatic hydroxyl groups is 1. The molecule has 4 rings (SSSR count). The lowest BCUT2D eigenvalue weighted by Crippen LogP contribution is -2.43. The maximum atomic E-state index is 13.8. The number of carbonyl (C=O) groups excluding carboxylic acids is 3. The number of Topliss-reactive ketones (excluding diaryl/α,β-unsaturated/α-hetero) is 2. The van der Waals surface area contributed by atoms with Gasteiger partial charge in [-0.1, -0.05) is 36.0 Å². The van der Waals surface area contributed by atoms with Crippen LogP contribution in [0.5, 0.6) is 5.75 Å². The highest BCUT2D eigenvalue weighted by Gasteiger charge is 2.50. The molecule has 1 aromatic rings. The van der Waals surface area contributed by atoms with Crippen LogP contribution >= 0.6 is 0 Å². The molecule has 0 radical (unpaired) electrons. The van der Waals surface area contributed by atoms with E-state index in [0.717, 1.165) is 0 Å². The molecule has 37 heavy (non-hydrogen) atoms. The van der Waals surface area contributed by atoms with E-state index in [0.29, 0.717) is 16.8 Å². The van der Waals surface area contributed by atoms with Gasteiger partial charge in [-0.15, -0.1) is 0 Å². The Morgan fingerprint density at radius 3 is 2.54 bits per heavy atom. The summed E-state index contributed by atoms with van der Waals surface area (Å²) in [4.78, 5) is 38.6. The SMILES string of the molecule is C=C/C=C\C=C(/N)c1cc(C[S+](C)[O-])c(O)c2c1CC1CC3CC(O)=C(C(N)=O)C(=O)C3C(O)=C1C2=O. The van der Waals surface area contributed by atoms with E-state index in [-0.39, 0.29) is 47.5 Å². The molecule has 0 spiro atoms. The van der Waals surface area contributed by atoms with Gasteiger partial charge in [0.2, 0.25) is 0 Å². The van der Waals surface area contributed by atoms with Crippen molar-refractivity contribution in [2.75, 3.05) is 6.26 Å². The number of aliphatic hydroxyl groups excluding tert-OH is 2. The first-order chi connectivity index (χ1) is 17.5. The van der Waals surface area contributed by atoms with Crippen molar-refractivity contribution in [1.29, 1.82) is 0 Å². The van der Waals surface area contributed by atoms with Crippen LogP contribution in [-0.2, 0) is 32.9 Å². The van der Waals surface area contributed by atoms with E-state index in [1.807, 2.05) is 0 Å². The number of amides is 1. The van der Waals surface area contributed by atoms with Crippen molar-refractivity contribution in [1.82, 2.24) is 0 Å². The molecule has 3 aliphatic carbocycles. The number of ketones is 2. The Bertz CT molecular complexity index is 1350. The second-order valence-electron chi connectivity index (χ2n) is 9.50. The van der Waals surface area contributed by atoms with Crippen LogP contribution in [0.3, 0.4) is 0 Å². The van der Waals surface area contributed by atoms with Gasteiger partial charge in [-0.05, 0) is 42.4 Å². The minimum absolute atomic E-state index is 0.0163. The van der Waals surface area contributed by atoms with Crippen LogP contribution in [-0.4, -0.2) is 43.6 Å². The second kappa shape index (κ2) is 9.95. The van der Waals surface area contributed by atoms with Crippen LogP contribution in [0.1, 0.15) is 39.9 Å². The van der Waals surface area contributed by atoms with Gasteiger partial charge in [-0.3, -0.25) is 14.4 Å². The van der Waals surface area contributed by atoms with Gasteiger partial charge in [0, 0.05) is 28.8 Å². The van der Waals surface area contributed by atoms with Crippen LogP contribution in [0.4, 0.5) is 0 Å². The van der Waals surface area contributed by atoms with Crippen LogP contribution in [0.15, 0.2) is 59.6 Å². The summed E-state index contributed by atoms with van der Waals surface area (Å²) < 4.78 is 12.0. The molecule has 0 bridgehead atoms. The predicted octanol–water partition coefficient (Wildman–Crippen LogP) is 2.39. The Morgan fingerprint density at radius 2 is 1.92 bits per heavy atom. The lowest BCUT2D eigenvalue weighted by Gasteiger charge is -2.41. The average molecular weight is 525 g/mol. The molecule has 1 aromatic carbocycles. The molecular formula is C27H28N2O7S. The van der Waals surface area contributed by atoms with Crippen LogP contribution < -0.4 is 11.5 Å². The second-order valence-corrected chi connectivity index (χ2v) is 10.9. The summed E-state index contributed by atoms with van der Waals surface area (Å²) >= 11 is -1.34. The van der Waals surface area contributed by atoms with E-state index >= 15 is 0 Å². The molecule has 0 saturated heterocycles. The molecule has 7 N–H and O–H groups in total. The third-order valence-corrected chi connectivity index (χ3v) is 7.88. The zero-order chi connectivity index (χ0) is 27.2. The van der Waals surface area contributed by atoms with Crippen molar-refractivity contribution in [3.05, 3.63) is 81.9 Å². The zero-order valence-corrected chi connectivity index (χ0v) is 21.0. The molecule has 0 aromatic heterocycles. The fourth-order valence-corrected chi connectivity index (χ4v) is 6.34. The van der Waals surface area contributed by atoms with Crippen molar-refractivity contribution in [3.8, 4) is 5.75 Å². The van der Waals surface area contributed by atoms with Gasteiger partial charge >= 0.3 is 0 Å². The van der Waals surface area contributed by atoms with E-state index in [1.54, 1.807) is 30.4 Å². The molecule has 1 amide bonds. The summed E-state index contributed by atoms with van der Waals surface area (Å²) in [5.41, 5.74) is 12.5. The van der Waals surface area contributed by atoms with E-state index in [4.69, 9.17) is 11.5 Å². The smallest absolute Gasteiger partial charge is 0.255 e. The highest BCUT2D eigenvalue weighted by atomic mass is 32.2. The van der Waals surface area contributed by atoms with Gasteiger partial charge in [-0.2, -0.15) is 0 Å². The largest absolute Gasteiger partial charge is 0.616 e. The van der Waals surface area contributed by atoms with Gasteiger partial charge < -0.3 is 31.3 Å². The van der Waals surface area contributed by atoms with Gasteiger partial charge in [0.1, 0.15) is 28.6 Å². The molecule has 4 atom stereocenters. The van der Waals surface area contributed by atoms with E-state index in [1.165, 1.54) is 6.26 Å². The number of rotatable bonds is 6. The average Bonchev–Trinajstić information content (AvgIpc) is 2.79. The van der Waals surface area contributed by atoms with E-state index in [2.05, 4.69) is 6.58 Å². The fraction of sp³-hybridized carbons (Fsp3) is 0.296. The summed E-state index contributed by atoms with van der Waals surface area (Å²) in [6.45, 7) is 3.61. The number of allylic oxidation sites excluding steroid dienone is 7. The van der Waals surface area contributed by atoms with E-state index in [9.17, 15) is 34.3 Å². The third-order valence-electron chi connectivity index (χ3n) is 7.16. The van der Waals surface area contributed by atoms with Crippen molar-refractivity contribution in [2.24, 2.45) is 29.2 Å². The number of nitrogens with two attached hydrogens (primary N) is 2. The number of fused-ring (bicyclic) bond motifs is 3. The summed E-state index contributed by atoms with van der Waals surface area (Å²) in [6.07, 6.45) is 8.46. The van der Waals surface area contributed by atoms with Crippen molar-refractivity contribution in [2.45, 2.75) is 25.0 Å². The highest BCUT2D eigenvalue weighted by Crippen LogP contribution is 2.50. The molecule has 9 nitrogen and oxygen atoms in total. The first kappa shape index (κ1) is 26.3. The van der Waals surface area contributed by atoms with Crippen molar-refractivity contribution in [3.63, 3.8) is 0 Å². The normalized spacial score (nSPS) is 24.6. The Hall–Kier alpha value is -3.76. The summed E-state index contributed by atoms with van der Waals surface area (Å²) in [5.74, 6) is -6.12. The standard InChI is InChI=1S/C27H28N2O7S/c1-3-4-5-6-17(28)15-9-14(11-37(2)36)23(31)21-16(15)8-12-7-13-10-18(30)22(27(29)35)26(34)20(13)24(32)19(12)25(21)33/h3-6,9,12-13,20,30-32H,1,7-8,10-11,28H2,2H3,(H2,29,35)/b5-4-,17-6-. The number of phenolic OH excluding ortho intramolecular Hbond substituents is 1. The number of primary amides is 1. The Morgan fingerprint density at radius 1 is 1.22 bits per heavy atom. The minimum atomic E-state index is -1.34. The molecule has 194 valence electrons. The molecule has 4 unspecified atom stereocenters. The minimum Gasteiger partial charge on any atom is -0.616 e. The number of hydrogen-bond donors (Lipinski definition) is 5. The highest BCUT2D eigenvalue weighted by molar-refractivity contribution is 7.89. The van der Waals surface area contributed by atoms with Crippen molar-refractivity contribution >= 4 is 34.3 Å². The van der Waals surface area contributed by atoms with Gasteiger partial charge in [0.15, 0.2) is 11.6 Å². The molecule has 3 aliphatic rings. The Balaban J connectivity index is 1.90. The Labute approximate surface area is 216 Å². The topological polar surface area (TPSA) is 187 Å². The summed E-state index contributed by atoms with van der Waals surface area (Å²) in [6, 6.07) is 1.62. The zero-order valence-electron chi connectivity index (χ0n) is 20.2. The van der Waals surface area contributed by atoms with Crippen molar-refractivity contribution < 1.29 is 34.3 Å². The number of carbonyl (C=O) groups is 3. The fourth-order valence-electron chi connectivity index (χ4n) is 5.68. The van der Waals surface area contributed by atoms with Gasteiger partial charge in [0.05, 0.1) is 17.7 Å². The summed E-state index contributed by atoms with van der Waals surface area (Å²) in [5, 5.41) is 32.5. The van der Waals surface area contributed by atoms with E-state index < -0.39 is 63.5 Å². The summed E-state index contributed by atoms with van der Waals surface area (Å²) in [7, 11) is 0. The maximum absolute atomic E-state index is 13.8. The van der Waals surface area contributed by atoms with Gasteiger partial charge in [0.25, 0.3) is 5.91 Å². The van der Waals surface area contributed by atoms with Crippen LogP contribution in [0, 0.1) is 17.8 Å². The lowest BCUT2D eigenvalue weighted by molar-refractivity contribution is -0.126. The lowest BCUT2D eigenvalue weighted by atomic mass is 9.62.